The van der Waals surface area contributed by atoms with Gasteiger partial charge in [-0.05, 0) is 39.0 Å². The summed E-state index contributed by atoms with van der Waals surface area (Å²) < 4.78 is 5.60. The van der Waals surface area contributed by atoms with Crippen molar-refractivity contribution in [2.45, 2.75) is 39.3 Å². The molecule has 0 amide bonds. The Hall–Kier alpha value is -0.860. The quantitative estimate of drug-likeness (QED) is 0.332. The van der Waals surface area contributed by atoms with Crippen LogP contribution >= 0.6 is 11.8 Å². The number of thioether (sulfide) groups is 1. The first-order chi connectivity index (χ1) is 9.94. The van der Waals surface area contributed by atoms with Crippen LogP contribution in [0.4, 0.5) is 0 Å². The predicted molar refractivity (Wildman–Crippen MR) is 86.2 cm³/mol. The van der Waals surface area contributed by atoms with Crippen molar-refractivity contribution in [2.24, 2.45) is 11.0 Å². The standard InChI is InChI=1S/C13H26N4O3S/c1-5-16(8-12-6-11(3)20-9-12)7-10(2)14-13(21-4)15-17(18)19/h10-12H,5-9H2,1-4H3,(H,14,15). The molecule has 0 bridgehead atoms. The molecule has 1 rings (SSSR count). The molecule has 122 valence electrons. The lowest BCUT2D eigenvalue weighted by atomic mass is 10.1. The van der Waals surface area contributed by atoms with Crippen molar-refractivity contribution in [3.63, 3.8) is 0 Å². The highest BCUT2D eigenvalue weighted by atomic mass is 32.2. The lowest BCUT2D eigenvalue weighted by molar-refractivity contribution is -0.484. The summed E-state index contributed by atoms with van der Waals surface area (Å²) in [7, 11) is 0. The average molecular weight is 318 g/mol. The molecule has 0 radical (unpaired) electrons. The van der Waals surface area contributed by atoms with Gasteiger partial charge in [-0.3, -0.25) is 0 Å². The second-order valence-corrected chi connectivity index (χ2v) is 6.29. The van der Waals surface area contributed by atoms with Gasteiger partial charge in [-0.15, -0.1) is 0 Å². The van der Waals surface area contributed by atoms with E-state index in [0.717, 1.165) is 32.7 Å². The molecule has 0 spiro atoms. The van der Waals surface area contributed by atoms with Crippen LogP contribution in [0, 0.1) is 16.0 Å². The summed E-state index contributed by atoms with van der Waals surface area (Å²) in [6.07, 6.45) is 3.24. The van der Waals surface area contributed by atoms with Gasteiger partial charge in [0, 0.05) is 19.1 Å². The summed E-state index contributed by atoms with van der Waals surface area (Å²) in [6.45, 7) is 9.89. The second kappa shape index (κ2) is 9.22. The molecule has 0 aliphatic carbocycles. The van der Waals surface area contributed by atoms with Gasteiger partial charge >= 0.3 is 0 Å². The van der Waals surface area contributed by atoms with Gasteiger partial charge in [-0.25, -0.2) is 10.1 Å². The van der Waals surface area contributed by atoms with Gasteiger partial charge in [0.15, 0.2) is 5.03 Å². The molecule has 1 heterocycles. The number of rotatable bonds is 7. The number of hydrogen-bond acceptors (Lipinski definition) is 5. The van der Waals surface area contributed by atoms with Gasteiger partial charge in [0.2, 0.25) is 5.17 Å². The monoisotopic (exact) mass is 318 g/mol. The Morgan fingerprint density at radius 2 is 2.38 bits per heavy atom. The Labute approximate surface area is 130 Å². The van der Waals surface area contributed by atoms with Gasteiger partial charge in [-0.1, -0.05) is 18.7 Å². The fourth-order valence-corrected chi connectivity index (χ4v) is 3.04. The zero-order chi connectivity index (χ0) is 15.8. The highest BCUT2D eigenvalue weighted by Crippen LogP contribution is 2.20. The second-order valence-electron chi connectivity index (χ2n) is 5.49. The van der Waals surface area contributed by atoms with Crippen LogP contribution in [0.15, 0.2) is 5.10 Å². The third-order valence-corrected chi connectivity index (χ3v) is 4.10. The van der Waals surface area contributed by atoms with Gasteiger partial charge in [0.25, 0.3) is 0 Å². The van der Waals surface area contributed by atoms with E-state index in [1.54, 1.807) is 6.26 Å². The lowest BCUT2D eigenvalue weighted by Crippen LogP contribution is -2.43. The van der Waals surface area contributed by atoms with Crippen molar-refractivity contribution in [1.29, 1.82) is 0 Å². The summed E-state index contributed by atoms with van der Waals surface area (Å²) in [5, 5.41) is 16.5. The fourth-order valence-electron chi connectivity index (χ4n) is 2.58. The van der Waals surface area contributed by atoms with Crippen LogP contribution < -0.4 is 5.32 Å². The summed E-state index contributed by atoms with van der Waals surface area (Å²) >= 11 is 1.25. The minimum Gasteiger partial charge on any atom is -0.378 e. The van der Waals surface area contributed by atoms with E-state index in [2.05, 4.69) is 29.2 Å². The molecule has 0 aromatic rings. The molecular weight excluding hydrogens is 292 g/mol. The van der Waals surface area contributed by atoms with Crippen molar-refractivity contribution < 1.29 is 9.77 Å². The summed E-state index contributed by atoms with van der Waals surface area (Å²) in [6, 6.07) is 0.107. The maximum Gasteiger partial charge on any atom is 0.235 e. The fraction of sp³-hybridized carbons (Fsp3) is 0.923. The number of nitrogens with zero attached hydrogens (tertiary/aromatic N) is 3. The Kier molecular flexibility index (Phi) is 7.98. The molecule has 21 heavy (non-hydrogen) atoms. The number of nitrogens with one attached hydrogen (secondary N) is 1. The van der Waals surface area contributed by atoms with E-state index in [0.29, 0.717) is 17.2 Å². The predicted octanol–water partition coefficient (Wildman–Crippen LogP) is 1.62. The van der Waals surface area contributed by atoms with Crippen LogP contribution in [0.1, 0.15) is 27.2 Å². The smallest absolute Gasteiger partial charge is 0.235 e. The molecule has 1 saturated heterocycles. The van der Waals surface area contributed by atoms with Crippen LogP contribution in [0.25, 0.3) is 0 Å². The molecule has 1 aliphatic heterocycles. The van der Waals surface area contributed by atoms with Crippen molar-refractivity contribution >= 4 is 16.9 Å². The molecule has 0 saturated carbocycles. The van der Waals surface area contributed by atoms with E-state index in [1.165, 1.54) is 11.8 Å². The first-order valence-electron chi connectivity index (χ1n) is 7.32. The third kappa shape index (κ3) is 7.10. The zero-order valence-corrected chi connectivity index (χ0v) is 14.1. The Balaban J connectivity index is 2.42. The Morgan fingerprint density at radius 3 is 2.86 bits per heavy atom. The van der Waals surface area contributed by atoms with E-state index in [4.69, 9.17) is 4.74 Å². The highest BCUT2D eigenvalue weighted by Gasteiger charge is 2.24. The van der Waals surface area contributed by atoms with Crippen molar-refractivity contribution in [1.82, 2.24) is 10.2 Å². The van der Waals surface area contributed by atoms with E-state index in [-0.39, 0.29) is 6.04 Å². The van der Waals surface area contributed by atoms with Gasteiger partial charge < -0.3 is 15.0 Å². The minimum atomic E-state index is -0.666. The van der Waals surface area contributed by atoms with Gasteiger partial charge in [0.1, 0.15) is 0 Å². The molecule has 1 aliphatic rings. The first kappa shape index (κ1) is 18.2. The van der Waals surface area contributed by atoms with Crippen LogP contribution in [0.3, 0.4) is 0 Å². The Morgan fingerprint density at radius 1 is 1.67 bits per heavy atom. The summed E-state index contributed by atoms with van der Waals surface area (Å²) in [4.78, 5) is 12.8. The maximum absolute atomic E-state index is 10.4. The molecular formula is C13H26N4O3S. The van der Waals surface area contributed by atoms with E-state index >= 15 is 0 Å². The molecule has 3 atom stereocenters. The molecule has 1 N–H and O–H groups in total. The molecule has 1 fully saturated rings. The molecule has 7 nitrogen and oxygen atoms in total. The van der Waals surface area contributed by atoms with Crippen molar-refractivity contribution in [2.75, 3.05) is 32.5 Å². The summed E-state index contributed by atoms with van der Waals surface area (Å²) in [5.74, 6) is 0.583. The Bertz CT molecular complexity index is 367. The molecule has 3 unspecified atom stereocenters. The normalized spacial score (nSPS) is 24.3. The maximum atomic E-state index is 10.4. The lowest BCUT2D eigenvalue weighted by Gasteiger charge is -2.27. The van der Waals surface area contributed by atoms with E-state index in [1.807, 2.05) is 6.92 Å². The topological polar surface area (TPSA) is 80.0 Å². The minimum absolute atomic E-state index is 0.107. The van der Waals surface area contributed by atoms with Gasteiger partial charge in [-0.2, -0.15) is 0 Å². The van der Waals surface area contributed by atoms with Gasteiger partial charge in [0.05, 0.1) is 17.8 Å². The summed E-state index contributed by atoms with van der Waals surface area (Å²) in [5.41, 5.74) is 0. The highest BCUT2D eigenvalue weighted by molar-refractivity contribution is 8.13. The first-order valence-corrected chi connectivity index (χ1v) is 8.54. The van der Waals surface area contributed by atoms with E-state index < -0.39 is 5.03 Å². The average Bonchev–Trinajstić information content (AvgIpc) is 2.82. The van der Waals surface area contributed by atoms with Crippen LogP contribution in [-0.4, -0.2) is 59.7 Å². The van der Waals surface area contributed by atoms with E-state index in [9.17, 15) is 10.1 Å². The largest absolute Gasteiger partial charge is 0.378 e. The molecule has 0 aromatic carbocycles. The number of hydrazone groups is 1. The number of ether oxygens (including phenoxy) is 1. The van der Waals surface area contributed by atoms with Crippen LogP contribution in [0.2, 0.25) is 0 Å². The van der Waals surface area contributed by atoms with Crippen LogP contribution in [-0.2, 0) is 4.74 Å². The number of likely N-dealkylation sites (N-methyl/N-ethyl adjacent to an activating group) is 1. The zero-order valence-electron chi connectivity index (χ0n) is 13.2. The van der Waals surface area contributed by atoms with Crippen molar-refractivity contribution in [3.8, 4) is 0 Å². The number of nitro groups is 1. The van der Waals surface area contributed by atoms with Crippen molar-refractivity contribution in [3.05, 3.63) is 10.1 Å². The number of amidine groups is 1. The molecule has 8 heteroatoms. The molecule has 0 aromatic heterocycles. The number of hydrogen-bond donors (Lipinski definition) is 1. The third-order valence-electron chi connectivity index (χ3n) is 3.51. The SMILES string of the molecule is CCN(CC1COC(C)C1)CC(C)NC(=N[N+](=O)[O-])SC. The van der Waals surface area contributed by atoms with Crippen LogP contribution in [0.5, 0.6) is 0 Å².